The molecule has 1 fully saturated rings. The number of halogens is 3. The largest absolute Gasteiger partial charge is 0.481 e. The lowest BCUT2D eigenvalue weighted by molar-refractivity contribution is -0.153. The zero-order valence-electron chi connectivity index (χ0n) is 10.1. The van der Waals surface area contributed by atoms with E-state index in [4.69, 9.17) is 50.1 Å². The monoisotopic (exact) mass is 346 g/mol. The van der Waals surface area contributed by atoms with Gasteiger partial charge in [-0.15, -0.1) is 0 Å². The van der Waals surface area contributed by atoms with Gasteiger partial charge in [-0.2, -0.15) is 0 Å². The zero-order valence-corrected chi connectivity index (χ0v) is 12.4. The Morgan fingerprint density at radius 2 is 1.00 bits per heavy atom. The summed E-state index contributed by atoms with van der Waals surface area (Å²) in [6, 6.07) is 0. The van der Waals surface area contributed by atoms with Crippen LogP contribution in [0.2, 0.25) is 0 Å². The molecule has 3 N–H and O–H groups in total. The molecule has 0 aliphatic heterocycles. The van der Waals surface area contributed by atoms with Crippen molar-refractivity contribution in [1.82, 2.24) is 0 Å². The number of hydrogen-bond donors (Lipinski definition) is 3. The van der Waals surface area contributed by atoms with Gasteiger partial charge in [-0.05, 0) is 19.3 Å². The summed E-state index contributed by atoms with van der Waals surface area (Å²) in [4.78, 5) is 32.1. The predicted molar refractivity (Wildman–Crippen MR) is 72.9 cm³/mol. The minimum Gasteiger partial charge on any atom is -0.481 e. The second-order valence-electron chi connectivity index (χ2n) is 4.21. The number of carboxylic acid groups (broad SMARTS) is 3. The van der Waals surface area contributed by atoms with Crippen LogP contribution in [-0.4, -0.2) is 33.2 Å². The van der Waals surface area contributed by atoms with Crippen LogP contribution in [0.25, 0.3) is 0 Å². The molecule has 0 aromatic rings. The van der Waals surface area contributed by atoms with E-state index in [1.165, 1.54) is 0 Å². The normalized spacial score (nSPS) is 24.9. The quantitative estimate of drug-likeness (QED) is 0.723. The van der Waals surface area contributed by atoms with Gasteiger partial charge in [0.25, 0.3) is 0 Å². The standard InChI is InChI=1S/C9H12O6.C2HCl3/c10-7(11)4-1-5(8(12)13)3-6(2-4)9(14)15;3-1-2(4)5/h4-6H,1-3H2,(H,10,11)(H,12,13)(H,14,15);1H. The van der Waals surface area contributed by atoms with E-state index < -0.39 is 35.7 Å². The topological polar surface area (TPSA) is 112 Å². The maximum Gasteiger partial charge on any atom is 0.306 e. The summed E-state index contributed by atoms with van der Waals surface area (Å²) in [6.07, 6.45) is 0.0668. The summed E-state index contributed by atoms with van der Waals surface area (Å²) < 4.78 is 0.0895. The maximum atomic E-state index is 10.7. The number of aliphatic carboxylic acids is 3. The molecule has 114 valence electrons. The van der Waals surface area contributed by atoms with E-state index in [2.05, 4.69) is 0 Å². The Bertz CT molecular complexity index is 351. The zero-order chi connectivity index (χ0) is 15.9. The van der Waals surface area contributed by atoms with Gasteiger partial charge in [0, 0.05) is 5.54 Å². The van der Waals surface area contributed by atoms with Crippen molar-refractivity contribution in [1.29, 1.82) is 0 Å². The summed E-state index contributed by atoms with van der Waals surface area (Å²) >= 11 is 14.8. The van der Waals surface area contributed by atoms with Gasteiger partial charge in [-0.3, -0.25) is 14.4 Å². The third-order valence-corrected chi connectivity index (χ3v) is 3.50. The molecular weight excluding hydrogens is 334 g/mol. The Labute approximate surface area is 129 Å². The molecule has 9 heteroatoms. The smallest absolute Gasteiger partial charge is 0.306 e. The highest BCUT2D eigenvalue weighted by molar-refractivity contribution is 6.58. The van der Waals surface area contributed by atoms with Crippen molar-refractivity contribution in [2.24, 2.45) is 17.8 Å². The van der Waals surface area contributed by atoms with Crippen LogP contribution in [0, 0.1) is 17.8 Å². The number of hydrogen-bond acceptors (Lipinski definition) is 3. The second-order valence-corrected chi connectivity index (χ2v) is 5.44. The molecule has 0 atom stereocenters. The first kappa shape index (κ1) is 19.0. The first-order valence-corrected chi connectivity index (χ1v) is 6.68. The van der Waals surface area contributed by atoms with Crippen LogP contribution in [0.4, 0.5) is 0 Å². The third-order valence-electron chi connectivity index (χ3n) is 2.84. The third kappa shape index (κ3) is 6.98. The fourth-order valence-corrected chi connectivity index (χ4v) is 1.92. The predicted octanol–water partition coefficient (Wildman–Crippen LogP) is 2.77. The first-order chi connectivity index (χ1) is 9.18. The fraction of sp³-hybridized carbons (Fsp3) is 0.545. The van der Waals surface area contributed by atoms with Crippen LogP contribution in [0.1, 0.15) is 19.3 Å². The summed E-state index contributed by atoms with van der Waals surface area (Å²) in [5.74, 6) is -5.94. The van der Waals surface area contributed by atoms with E-state index in [0.29, 0.717) is 0 Å². The van der Waals surface area contributed by atoms with Crippen LogP contribution >= 0.6 is 34.8 Å². The Hall–Kier alpha value is -0.980. The Morgan fingerprint density at radius 1 is 0.800 bits per heavy atom. The van der Waals surface area contributed by atoms with E-state index in [-0.39, 0.29) is 23.8 Å². The van der Waals surface area contributed by atoms with Crippen LogP contribution in [0.5, 0.6) is 0 Å². The molecule has 20 heavy (non-hydrogen) atoms. The van der Waals surface area contributed by atoms with Crippen molar-refractivity contribution in [3.05, 3.63) is 10.0 Å². The average Bonchev–Trinajstić information content (AvgIpc) is 2.38. The number of carbonyl (C=O) groups is 3. The van der Waals surface area contributed by atoms with Gasteiger partial charge in [0.2, 0.25) is 0 Å². The molecule has 6 nitrogen and oxygen atoms in total. The van der Waals surface area contributed by atoms with Crippen LogP contribution in [0.3, 0.4) is 0 Å². The molecule has 0 spiro atoms. The van der Waals surface area contributed by atoms with Gasteiger partial charge in [0.1, 0.15) is 4.49 Å². The lowest BCUT2D eigenvalue weighted by Crippen LogP contribution is -2.34. The molecule has 1 aliphatic carbocycles. The molecule has 1 saturated carbocycles. The molecule has 0 aromatic heterocycles. The Balaban J connectivity index is 0.000000621. The highest BCUT2D eigenvalue weighted by Crippen LogP contribution is 2.33. The minimum atomic E-state index is -1.12. The van der Waals surface area contributed by atoms with E-state index in [9.17, 15) is 14.4 Å². The summed E-state index contributed by atoms with van der Waals surface area (Å²) in [5.41, 5.74) is 1.09. The van der Waals surface area contributed by atoms with Crippen molar-refractivity contribution in [3.63, 3.8) is 0 Å². The lowest BCUT2D eigenvalue weighted by Gasteiger charge is -2.28. The summed E-state index contributed by atoms with van der Waals surface area (Å²) in [5, 5.41) is 26.3. The number of rotatable bonds is 3. The van der Waals surface area contributed by atoms with E-state index in [1.807, 2.05) is 0 Å². The molecule has 0 saturated heterocycles. The molecule has 0 heterocycles. The van der Waals surface area contributed by atoms with E-state index >= 15 is 0 Å². The van der Waals surface area contributed by atoms with Gasteiger partial charge in [-0.1, -0.05) is 34.8 Å². The summed E-state index contributed by atoms with van der Waals surface area (Å²) in [7, 11) is 0. The molecule has 1 rings (SSSR count). The van der Waals surface area contributed by atoms with Gasteiger partial charge in [-0.25, -0.2) is 0 Å². The second kappa shape index (κ2) is 9.05. The first-order valence-electron chi connectivity index (χ1n) is 5.48. The molecule has 0 unspecified atom stereocenters. The highest BCUT2D eigenvalue weighted by atomic mass is 35.5. The fourth-order valence-electron chi connectivity index (χ4n) is 1.92. The maximum absolute atomic E-state index is 10.7. The van der Waals surface area contributed by atoms with Crippen molar-refractivity contribution in [3.8, 4) is 0 Å². The Kier molecular flexibility index (Phi) is 8.60. The molecule has 0 aromatic carbocycles. The molecular formula is C11H13Cl3O6. The van der Waals surface area contributed by atoms with Gasteiger partial charge in [0.15, 0.2) is 0 Å². The van der Waals surface area contributed by atoms with Crippen molar-refractivity contribution >= 4 is 52.7 Å². The molecule has 0 amide bonds. The van der Waals surface area contributed by atoms with Crippen molar-refractivity contribution in [2.45, 2.75) is 19.3 Å². The highest BCUT2D eigenvalue weighted by Gasteiger charge is 2.38. The lowest BCUT2D eigenvalue weighted by atomic mass is 9.75. The van der Waals surface area contributed by atoms with Crippen LogP contribution < -0.4 is 0 Å². The van der Waals surface area contributed by atoms with E-state index in [1.54, 1.807) is 0 Å². The average molecular weight is 348 g/mol. The molecule has 0 bridgehead atoms. The van der Waals surface area contributed by atoms with Gasteiger partial charge >= 0.3 is 17.9 Å². The van der Waals surface area contributed by atoms with Gasteiger partial charge < -0.3 is 15.3 Å². The Morgan fingerprint density at radius 3 is 1.10 bits per heavy atom. The molecule has 1 aliphatic rings. The molecule has 0 radical (unpaired) electrons. The van der Waals surface area contributed by atoms with Crippen LogP contribution in [-0.2, 0) is 14.4 Å². The number of carboxylic acids is 3. The van der Waals surface area contributed by atoms with E-state index in [0.717, 1.165) is 5.54 Å². The van der Waals surface area contributed by atoms with Gasteiger partial charge in [0.05, 0.1) is 17.8 Å². The van der Waals surface area contributed by atoms with Crippen LogP contribution in [0.15, 0.2) is 10.0 Å². The summed E-state index contributed by atoms with van der Waals surface area (Å²) in [6.45, 7) is 0. The van der Waals surface area contributed by atoms with Crippen molar-refractivity contribution < 1.29 is 29.7 Å². The minimum absolute atomic E-state index is 0.0223. The van der Waals surface area contributed by atoms with Crippen molar-refractivity contribution in [2.75, 3.05) is 0 Å². The SMILES string of the molecule is ClC=C(Cl)Cl.O=C(O)C1CC(C(=O)O)CC(C(=O)O)C1.